The van der Waals surface area contributed by atoms with Crippen LogP contribution in [0.25, 0.3) is 0 Å². The molecule has 0 atom stereocenters. The van der Waals surface area contributed by atoms with Gasteiger partial charge in [0.2, 0.25) is 0 Å². The third kappa shape index (κ3) is 2.87. The maximum Gasteiger partial charge on any atom is 0.128 e. The van der Waals surface area contributed by atoms with E-state index < -0.39 is 0 Å². The van der Waals surface area contributed by atoms with Crippen LogP contribution in [0.3, 0.4) is 0 Å². The predicted molar refractivity (Wildman–Crippen MR) is 83.3 cm³/mol. The Balaban J connectivity index is 1.78. The number of benzene rings is 2. The van der Waals surface area contributed by atoms with Gasteiger partial charge in [-0.05, 0) is 50.1 Å². The summed E-state index contributed by atoms with van der Waals surface area (Å²) in [6.07, 6.45) is 0.936. The SMILES string of the molecule is Cc1cc(NCc2cccc3c2OC(C)(C)C3)ccc1F. The van der Waals surface area contributed by atoms with Gasteiger partial charge in [0.25, 0.3) is 0 Å². The Bertz CT molecular complexity index is 679. The van der Waals surface area contributed by atoms with Gasteiger partial charge >= 0.3 is 0 Å². The van der Waals surface area contributed by atoms with E-state index in [1.54, 1.807) is 13.0 Å². The molecule has 0 saturated carbocycles. The van der Waals surface area contributed by atoms with Crippen molar-refractivity contribution in [3.05, 3.63) is 58.9 Å². The van der Waals surface area contributed by atoms with E-state index >= 15 is 0 Å². The maximum absolute atomic E-state index is 13.3. The number of para-hydroxylation sites is 1. The third-order valence-corrected chi connectivity index (χ3v) is 3.81. The quantitative estimate of drug-likeness (QED) is 0.899. The van der Waals surface area contributed by atoms with Crippen LogP contribution in [0.2, 0.25) is 0 Å². The van der Waals surface area contributed by atoms with Crippen LogP contribution >= 0.6 is 0 Å². The molecule has 0 fully saturated rings. The van der Waals surface area contributed by atoms with Gasteiger partial charge in [-0.1, -0.05) is 18.2 Å². The van der Waals surface area contributed by atoms with Crippen molar-refractivity contribution < 1.29 is 9.13 Å². The number of hydrogen-bond acceptors (Lipinski definition) is 2. The van der Waals surface area contributed by atoms with E-state index in [1.807, 2.05) is 6.07 Å². The molecule has 3 heteroatoms. The number of hydrogen-bond donors (Lipinski definition) is 1. The lowest BCUT2D eigenvalue weighted by atomic mass is 10.0. The minimum absolute atomic E-state index is 0.134. The first-order valence-corrected chi connectivity index (χ1v) is 7.24. The lowest BCUT2D eigenvalue weighted by Crippen LogP contribution is -2.25. The highest BCUT2D eigenvalue weighted by Gasteiger charge is 2.31. The Morgan fingerprint density at radius 1 is 1.24 bits per heavy atom. The van der Waals surface area contributed by atoms with E-state index in [-0.39, 0.29) is 11.4 Å². The van der Waals surface area contributed by atoms with Gasteiger partial charge in [0, 0.05) is 24.2 Å². The van der Waals surface area contributed by atoms with Gasteiger partial charge in [-0.15, -0.1) is 0 Å². The normalized spacial score (nSPS) is 15.4. The van der Waals surface area contributed by atoms with Crippen molar-refractivity contribution in [3.8, 4) is 5.75 Å². The van der Waals surface area contributed by atoms with Gasteiger partial charge in [-0.2, -0.15) is 0 Å². The van der Waals surface area contributed by atoms with E-state index in [2.05, 4.69) is 37.4 Å². The van der Waals surface area contributed by atoms with Crippen molar-refractivity contribution in [2.75, 3.05) is 5.32 Å². The van der Waals surface area contributed by atoms with E-state index in [9.17, 15) is 4.39 Å². The van der Waals surface area contributed by atoms with E-state index in [4.69, 9.17) is 4.74 Å². The zero-order valence-corrected chi connectivity index (χ0v) is 12.7. The average molecular weight is 285 g/mol. The van der Waals surface area contributed by atoms with Crippen molar-refractivity contribution in [1.29, 1.82) is 0 Å². The molecule has 0 unspecified atom stereocenters. The Hall–Kier alpha value is -2.03. The van der Waals surface area contributed by atoms with Crippen molar-refractivity contribution in [2.45, 2.75) is 39.3 Å². The molecule has 3 rings (SSSR count). The highest BCUT2D eigenvalue weighted by molar-refractivity contribution is 5.50. The van der Waals surface area contributed by atoms with Gasteiger partial charge in [-0.25, -0.2) is 4.39 Å². The van der Waals surface area contributed by atoms with Crippen LogP contribution in [-0.2, 0) is 13.0 Å². The molecule has 0 bridgehead atoms. The van der Waals surface area contributed by atoms with Crippen molar-refractivity contribution in [1.82, 2.24) is 0 Å². The second kappa shape index (κ2) is 5.06. The summed E-state index contributed by atoms with van der Waals surface area (Å²) in [7, 11) is 0. The number of nitrogens with one attached hydrogen (secondary N) is 1. The lowest BCUT2D eigenvalue weighted by molar-refractivity contribution is 0.137. The van der Waals surface area contributed by atoms with Crippen LogP contribution in [0.15, 0.2) is 36.4 Å². The predicted octanol–water partition coefficient (Wildman–Crippen LogP) is 4.46. The molecule has 1 heterocycles. The number of fused-ring (bicyclic) bond motifs is 1. The van der Waals surface area contributed by atoms with Gasteiger partial charge in [-0.3, -0.25) is 0 Å². The highest BCUT2D eigenvalue weighted by Crippen LogP contribution is 2.37. The Morgan fingerprint density at radius 2 is 2.05 bits per heavy atom. The Kier molecular flexibility index (Phi) is 3.36. The molecule has 1 aliphatic rings. The number of rotatable bonds is 3. The molecule has 2 nitrogen and oxygen atoms in total. The summed E-state index contributed by atoms with van der Waals surface area (Å²) in [6, 6.07) is 11.3. The van der Waals surface area contributed by atoms with Crippen LogP contribution < -0.4 is 10.1 Å². The second-order valence-corrected chi connectivity index (χ2v) is 6.26. The van der Waals surface area contributed by atoms with Gasteiger partial charge in [0.05, 0.1) is 0 Å². The molecule has 1 N–H and O–H groups in total. The Labute approximate surface area is 125 Å². The first-order valence-electron chi connectivity index (χ1n) is 7.24. The summed E-state index contributed by atoms with van der Waals surface area (Å²) < 4.78 is 19.3. The largest absolute Gasteiger partial charge is 0.487 e. The average Bonchev–Trinajstić information content (AvgIpc) is 2.74. The fraction of sp³-hybridized carbons (Fsp3) is 0.333. The molecule has 0 aromatic heterocycles. The van der Waals surface area contributed by atoms with Crippen molar-refractivity contribution in [3.63, 3.8) is 0 Å². The molecule has 0 aliphatic carbocycles. The molecule has 110 valence electrons. The molecule has 0 saturated heterocycles. The minimum Gasteiger partial charge on any atom is -0.487 e. The smallest absolute Gasteiger partial charge is 0.128 e. The molecule has 1 aliphatic heterocycles. The van der Waals surface area contributed by atoms with Crippen molar-refractivity contribution >= 4 is 5.69 Å². The first-order chi connectivity index (χ1) is 9.94. The fourth-order valence-corrected chi connectivity index (χ4v) is 2.77. The first kappa shape index (κ1) is 13.9. The number of anilines is 1. The molecular weight excluding hydrogens is 265 g/mol. The summed E-state index contributed by atoms with van der Waals surface area (Å²) in [5.74, 6) is 0.820. The van der Waals surface area contributed by atoms with Crippen LogP contribution in [0.1, 0.15) is 30.5 Å². The molecular formula is C18H20FNO. The zero-order chi connectivity index (χ0) is 15.0. The standard InChI is InChI=1S/C18H20FNO/c1-12-9-15(7-8-16(12)19)20-11-14-6-4-5-13-10-18(2,3)21-17(13)14/h4-9,20H,10-11H2,1-3H3. The van der Waals surface area contributed by atoms with Crippen LogP contribution in [-0.4, -0.2) is 5.60 Å². The molecule has 0 amide bonds. The maximum atomic E-state index is 13.3. The lowest BCUT2D eigenvalue weighted by Gasteiger charge is -2.18. The van der Waals surface area contributed by atoms with Gasteiger partial charge in [0.1, 0.15) is 17.2 Å². The van der Waals surface area contributed by atoms with Crippen LogP contribution in [0, 0.1) is 12.7 Å². The summed E-state index contributed by atoms with van der Waals surface area (Å²) in [5, 5.41) is 3.34. The monoisotopic (exact) mass is 285 g/mol. The number of halogens is 1. The molecule has 0 spiro atoms. The summed E-state index contributed by atoms with van der Waals surface area (Å²) >= 11 is 0. The summed E-state index contributed by atoms with van der Waals surface area (Å²) in [6.45, 7) is 6.65. The summed E-state index contributed by atoms with van der Waals surface area (Å²) in [4.78, 5) is 0. The van der Waals surface area contributed by atoms with Gasteiger partial charge in [0.15, 0.2) is 0 Å². The summed E-state index contributed by atoms with van der Waals surface area (Å²) in [5.41, 5.74) is 3.83. The molecule has 21 heavy (non-hydrogen) atoms. The number of aryl methyl sites for hydroxylation is 1. The van der Waals surface area contributed by atoms with Crippen LogP contribution in [0.4, 0.5) is 10.1 Å². The molecule has 2 aromatic rings. The molecule has 2 aromatic carbocycles. The van der Waals surface area contributed by atoms with Gasteiger partial charge < -0.3 is 10.1 Å². The van der Waals surface area contributed by atoms with E-state index in [1.165, 1.54) is 11.6 Å². The van der Waals surface area contributed by atoms with E-state index in [0.717, 1.165) is 23.4 Å². The zero-order valence-electron chi connectivity index (χ0n) is 12.7. The van der Waals surface area contributed by atoms with Crippen molar-refractivity contribution in [2.24, 2.45) is 0 Å². The Morgan fingerprint density at radius 3 is 2.81 bits per heavy atom. The van der Waals surface area contributed by atoms with E-state index in [0.29, 0.717) is 12.1 Å². The van der Waals surface area contributed by atoms with Crippen LogP contribution in [0.5, 0.6) is 5.75 Å². The second-order valence-electron chi connectivity index (χ2n) is 6.26. The fourth-order valence-electron chi connectivity index (χ4n) is 2.77. The highest BCUT2D eigenvalue weighted by atomic mass is 19.1. The topological polar surface area (TPSA) is 21.3 Å². The third-order valence-electron chi connectivity index (χ3n) is 3.81. The molecule has 0 radical (unpaired) electrons. The number of ether oxygens (including phenoxy) is 1. The minimum atomic E-state index is -0.175.